The lowest BCUT2D eigenvalue weighted by Gasteiger charge is -2.38. The Morgan fingerprint density at radius 3 is 2.68 bits per heavy atom. The first kappa shape index (κ1) is 19.8. The highest BCUT2D eigenvalue weighted by atomic mass is 16.5. The van der Waals surface area contributed by atoms with Crippen LogP contribution in [-0.4, -0.2) is 67.4 Å². The summed E-state index contributed by atoms with van der Waals surface area (Å²) in [5.41, 5.74) is 11.5. The molecular formula is C18H25N9O. The van der Waals surface area contributed by atoms with Crippen LogP contribution in [-0.2, 0) is 10.2 Å². The van der Waals surface area contributed by atoms with Gasteiger partial charge in [-0.3, -0.25) is 0 Å². The van der Waals surface area contributed by atoms with Gasteiger partial charge in [0.1, 0.15) is 17.1 Å². The van der Waals surface area contributed by atoms with Gasteiger partial charge in [0.05, 0.1) is 25.5 Å². The molecular weight excluding hydrogens is 358 g/mol. The first-order valence-electron chi connectivity index (χ1n) is 9.07. The summed E-state index contributed by atoms with van der Waals surface area (Å²) < 4.78 is 6.95. The van der Waals surface area contributed by atoms with Crippen LogP contribution >= 0.6 is 0 Å². The predicted octanol–water partition coefficient (Wildman–Crippen LogP) is -0.386. The lowest BCUT2D eigenvalue weighted by Crippen LogP contribution is -2.56. The monoisotopic (exact) mass is 383 g/mol. The molecule has 6 N–H and O–H groups in total. The summed E-state index contributed by atoms with van der Waals surface area (Å²) in [6, 6.07) is 4.46. The second-order valence-corrected chi connectivity index (χ2v) is 6.48. The molecule has 0 atom stereocenters. The van der Waals surface area contributed by atoms with Crippen LogP contribution in [0.4, 0.5) is 5.82 Å². The van der Waals surface area contributed by atoms with Crippen molar-refractivity contribution in [3.63, 3.8) is 0 Å². The maximum absolute atomic E-state index is 9.81. The third kappa shape index (κ3) is 3.31. The third-order valence-corrected chi connectivity index (χ3v) is 4.94. The number of fused-ring (bicyclic) bond motifs is 1. The number of nitrogens with zero attached hydrogens (tertiary/aromatic N) is 5. The Balaban J connectivity index is 0.00000109. The smallest absolute Gasteiger partial charge is 0.167 e. The topological polar surface area (TPSA) is 155 Å². The van der Waals surface area contributed by atoms with Crippen molar-refractivity contribution in [1.29, 1.82) is 10.7 Å². The molecule has 28 heavy (non-hydrogen) atoms. The number of morpholine rings is 1. The van der Waals surface area contributed by atoms with Gasteiger partial charge in [0.15, 0.2) is 5.65 Å². The van der Waals surface area contributed by atoms with Gasteiger partial charge in [-0.05, 0) is 24.8 Å². The molecule has 2 fully saturated rings. The minimum atomic E-state index is -0.587. The number of rotatable bonds is 4. The van der Waals surface area contributed by atoms with Gasteiger partial charge in [-0.25, -0.2) is 4.98 Å². The Bertz CT molecular complexity index is 917. The van der Waals surface area contributed by atoms with Crippen LogP contribution in [0.5, 0.6) is 0 Å². The molecule has 2 saturated heterocycles. The molecule has 0 unspecified atom stereocenters. The van der Waals surface area contributed by atoms with E-state index in [-0.39, 0.29) is 0 Å². The number of ether oxygens (including phenoxy) is 1. The van der Waals surface area contributed by atoms with Crippen LogP contribution < -0.4 is 21.7 Å². The van der Waals surface area contributed by atoms with Crippen molar-refractivity contribution >= 4 is 28.9 Å². The molecule has 2 aliphatic rings. The molecule has 0 aliphatic carbocycles. The highest BCUT2D eigenvalue weighted by molar-refractivity contribution is 5.87. The molecule has 10 nitrogen and oxygen atoms in total. The summed E-state index contributed by atoms with van der Waals surface area (Å²) in [7, 11) is 1.50. The second-order valence-electron chi connectivity index (χ2n) is 6.48. The summed E-state index contributed by atoms with van der Waals surface area (Å²) in [4.78, 5) is 6.92. The fourth-order valence-electron chi connectivity index (χ4n) is 3.39. The molecule has 0 spiro atoms. The van der Waals surface area contributed by atoms with Crippen LogP contribution in [0.1, 0.15) is 5.56 Å². The normalized spacial score (nSPS) is 18.6. The highest BCUT2D eigenvalue weighted by Gasteiger charge is 2.41. The number of pyridine rings is 1. The van der Waals surface area contributed by atoms with E-state index in [9.17, 15) is 5.26 Å². The maximum atomic E-state index is 9.81. The van der Waals surface area contributed by atoms with E-state index in [2.05, 4.69) is 27.1 Å². The van der Waals surface area contributed by atoms with Crippen molar-refractivity contribution in [2.45, 2.75) is 5.41 Å². The van der Waals surface area contributed by atoms with Gasteiger partial charge in [0, 0.05) is 37.8 Å². The quantitative estimate of drug-likeness (QED) is 0.521. The van der Waals surface area contributed by atoms with Crippen molar-refractivity contribution in [3.05, 3.63) is 23.9 Å². The van der Waals surface area contributed by atoms with Gasteiger partial charge >= 0.3 is 0 Å². The fourth-order valence-corrected chi connectivity index (χ4v) is 3.39. The molecule has 0 saturated carbocycles. The first-order chi connectivity index (χ1) is 13.7. The zero-order chi connectivity index (χ0) is 20.1. The zero-order valence-corrected chi connectivity index (χ0v) is 15.9. The van der Waals surface area contributed by atoms with Crippen molar-refractivity contribution in [3.8, 4) is 6.07 Å². The Hall–Kier alpha value is -3.00. The SMILES string of the molecule is CN.N#CC1(c2cc(N3CCOCC3)nc3c2cnn3/C(N)=C/C=N)CNC1. The molecule has 0 amide bonds. The minimum Gasteiger partial charge on any atom is -0.384 e. The first-order valence-corrected chi connectivity index (χ1v) is 9.07. The summed E-state index contributed by atoms with van der Waals surface area (Å²) >= 11 is 0. The molecule has 0 bridgehead atoms. The van der Waals surface area contributed by atoms with Crippen LogP contribution in [0.3, 0.4) is 0 Å². The molecule has 0 aromatic carbocycles. The molecule has 2 aromatic heterocycles. The van der Waals surface area contributed by atoms with E-state index in [1.54, 1.807) is 6.20 Å². The highest BCUT2D eigenvalue weighted by Crippen LogP contribution is 2.35. The Labute approximate surface area is 163 Å². The van der Waals surface area contributed by atoms with E-state index in [4.69, 9.17) is 20.9 Å². The van der Waals surface area contributed by atoms with Gasteiger partial charge in [-0.1, -0.05) is 0 Å². The van der Waals surface area contributed by atoms with Gasteiger partial charge < -0.3 is 31.8 Å². The van der Waals surface area contributed by atoms with Crippen LogP contribution in [0, 0.1) is 16.7 Å². The molecule has 148 valence electrons. The van der Waals surface area contributed by atoms with Crippen molar-refractivity contribution in [2.75, 3.05) is 51.3 Å². The van der Waals surface area contributed by atoms with E-state index in [0.29, 0.717) is 37.8 Å². The average Bonchev–Trinajstić information content (AvgIpc) is 3.14. The molecule has 2 aromatic rings. The molecule has 0 radical (unpaired) electrons. The summed E-state index contributed by atoms with van der Waals surface area (Å²) in [5.74, 6) is 1.10. The predicted molar refractivity (Wildman–Crippen MR) is 108 cm³/mol. The van der Waals surface area contributed by atoms with Gasteiger partial charge in [-0.15, -0.1) is 0 Å². The van der Waals surface area contributed by atoms with Crippen molar-refractivity contribution in [2.24, 2.45) is 11.5 Å². The maximum Gasteiger partial charge on any atom is 0.167 e. The largest absolute Gasteiger partial charge is 0.384 e. The van der Waals surface area contributed by atoms with Crippen LogP contribution in [0.2, 0.25) is 0 Å². The van der Waals surface area contributed by atoms with Crippen molar-refractivity contribution in [1.82, 2.24) is 20.1 Å². The van der Waals surface area contributed by atoms with E-state index >= 15 is 0 Å². The van der Waals surface area contributed by atoms with Gasteiger partial charge in [-0.2, -0.15) is 15.0 Å². The van der Waals surface area contributed by atoms with Crippen LogP contribution in [0.15, 0.2) is 18.3 Å². The molecule has 2 aliphatic heterocycles. The number of hydrogen-bond acceptors (Lipinski definition) is 9. The Morgan fingerprint density at radius 1 is 1.39 bits per heavy atom. The van der Waals surface area contributed by atoms with E-state index in [0.717, 1.165) is 36.1 Å². The second kappa shape index (κ2) is 8.35. The average molecular weight is 383 g/mol. The Kier molecular flexibility index (Phi) is 5.89. The van der Waals surface area contributed by atoms with Crippen LogP contribution in [0.25, 0.3) is 16.9 Å². The molecule has 4 heterocycles. The summed E-state index contributed by atoms with van der Waals surface area (Å²) in [6.45, 7) is 3.99. The Morgan fingerprint density at radius 2 is 2.11 bits per heavy atom. The summed E-state index contributed by atoms with van der Waals surface area (Å²) in [6.07, 6.45) is 4.27. The standard InChI is InChI=1S/C17H20N8O.CH5N/c18-2-1-14(20)25-16-12(8-22-25)13(17(9-19)10-21-11-17)7-15(23-16)24-3-5-26-6-4-24;1-2/h1-2,7-8,18,21H,3-6,10-11,20H2;2H2,1H3/b14-1+,18-2?;. The lowest BCUT2D eigenvalue weighted by molar-refractivity contribution is 0.122. The minimum absolute atomic E-state index is 0.310. The number of nitrogens with one attached hydrogen (secondary N) is 2. The molecule has 10 heteroatoms. The number of aromatic nitrogens is 3. The zero-order valence-electron chi connectivity index (χ0n) is 15.9. The van der Waals surface area contributed by atoms with E-state index in [1.165, 1.54) is 17.8 Å². The number of nitriles is 1. The number of hydrogen-bond donors (Lipinski definition) is 4. The summed E-state index contributed by atoms with van der Waals surface area (Å²) in [5, 5.41) is 25.4. The lowest BCUT2D eigenvalue weighted by atomic mass is 9.76. The number of anilines is 1. The van der Waals surface area contributed by atoms with E-state index < -0.39 is 5.41 Å². The van der Waals surface area contributed by atoms with Gasteiger partial charge in [0.2, 0.25) is 0 Å². The third-order valence-electron chi connectivity index (χ3n) is 4.94. The van der Waals surface area contributed by atoms with E-state index in [1.807, 2.05) is 6.07 Å². The number of allylic oxidation sites excluding steroid dienone is 1. The molecule has 4 rings (SSSR count). The fraction of sp³-hybridized carbons (Fsp3) is 0.444. The van der Waals surface area contributed by atoms with Gasteiger partial charge in [0.25, 0.3) is 0 Å². The van der Waals surface area contributed by atoms with Crippen molar-refractivity contribution < 1.29 is 4.74 Å². The number of nitrogens with two attached hydrogens (primary N) is 2.